The Labute approximate surface area is 141 Å². The van der Waals surface area contributed by atoms with Crippen LogP contribution in [0.2, 0.25) is 0 Å². The summed E-state index contributed by atoms with van der Waals surface area (Å²) in [6.45, 7) is 1.94. The maximum absolute atomic E-state index is 12.7. The van der Waals surface area contributed by atoms with E-state index in [1.807, 2.05) is 26.2 Å². The Morgan fingerprint density at radius 3 is 2.83 bits per heavy atom. The van der Waals surface area contributed by atoms with Gasteiger partial charge >= 0.3 is 0 Å². The molecule has 1 saturated carbocycles. The van der Waals surface area contributed by atoms with Gasteiger partial charge in [-0.25, -0.2) is 0 Å². The number of aromatic nitrogens is 3. The number of aryl methyl sites for hydroxylation is 2. The molecule has 0 saturated heterocycles. The van der Waals surface area contributed by atoms with Gasteiger partial charge in [0, 0.05) is 25.0 Å². The van der Waals surface area contributed by atoms with E-state index in [-0.39, 0.29) is 5.91 Å². The minimum Gasteiger partial charge on any atom is -0.344 e. The molecule has 2 aromatic heterocycles. The first-order chi connectivity index (χ1) is 11.5. The van der Waals surface area contributed by atoms with Crippen LogP contribution in [0.4, 0.5) is 0 Å². The monoisotopic (exact) mass is 323 g/mol. The molecule has 1 fully saturated rings. The topological polar surface area (TPSA) is 83.6 Å². The standard InChI is InChI=1S/C18H21N5O/c1-13-15(12-23(2)22-13)14-5-10-20-16(11-14)17(24)21-18(8-9-19)6-3-4-7-18/h5,10-12H,3-4,6-8H2,1-2H3,(H,21,24). The molecule has 1 aliphatic rings. The van der Waals surface area contributed by atoms with Crippen LogP contribution >= 0.6 is 0 Å². The van der Waals surface area contributed by atoms with E-state index in [1.165, 1.54) is 0 Å². The number of rotatable bonds is 4. The zero-order valence-electron chi connectivity index (χ0n) is 14.0. The van der Waals surface area contributed by atoms with Crippen LogP contribution in [-0.2, 0) is 7.05 Å². The first-order valence-corrected chi connectivity index (χ1v) is 8.19. The molecule has 1 aliphatic carbocycles. The number of amides is 1. The van der Waals surface area contributed by atoms with Crippen molar-refractivity contribution in [1.29, 1.82) is 5.26 Å². The summed E-state index contributed by atoms with van der Waals surface area (Å²) in [5, 5.41) is 16.5. The van der Waals surface area contributed by atoms with E-state index in [9.17, 15) is 4.79 Å². The summed E-state index contributed by atoms with van der Waals surface area (Å²) in [4.78, 5) is 16.9. The summed E-state index contributed by atoms with van der Waals surface area (Å²) in [6, 6.07) is 5.87. The second kappa shape index (κ2) is 6.44. The van der Waals surface area contributed by atoms with Crippen LogP contribution in [0, 0.1) is 18.3 Å². The fourth-order valence-electron chi connectivity index (χ4n) is 3.46. The van der Waals surface area contributed by atoms with Crippen molar-refractivity contribution in [3.63, 3.8) is 0 Å². The highest BCUT2D eigenvalue weighted by Crippen LogP contribution is 2.32. The molecular formula is C18H21N5O. The van der Waals surface area contributed by atoms with E-state index in [0.717, 1.165) is 42.5 Å². The van der Waals surface area contributed by atoms with Gasteiger partial charge in [-0.3, -0.25) is 14.5 Å². The molecular weight excluding hydrogens is 302 g/mol. The quantitative estimate of drug-likeness (QED) is 0.937. The van der Waals surface area contributed by atoms with Crippen LogP contribution in [-0.4, -0.2) is 26.2 Å². The van der Waals surface area contributed by atoms with Gasteiger partial charge in [-0.1, -0.05) is 12.8 Å². The lowest BCUT2D eigenvalue weighted by Crippen LogP contribution is -2.46. The lowest BCUT2D eigenvalue weighted by atomic mass is 9.93. The average Bonchev–Trinajstić information content (AvgIpc) is 3.14. The van der Waals surface area contributed by atoms with Crippen LogP contribution in [0.5, 0.6) is 0 Å². The minimum atomic E-state index is -0.395. The van der Waals surface area contributed by atoms with Gasteiger partial charge in [0.25, 0.3) is 5.91 Å². The third kappa shape index (κ3) is 3.16. The number of carbonyl (C=O) groups excluding carboxylic acids is 1. The highest BCUT2D eigenvalue weighted by Gasteiger charge is 2.35. The van der Waals surface area contributed by atoms with Crippen LogP contribution in [0.15, 0.2) is 24.5 Å². The summed E-state index contributed by atoms with van der Waals surface area (Å²) in [5.41, 5.74) is 2.79. The minimum absolute atomic E-state index is 0.212. The van der Waals surface area contributed by atoms with Gasteiger partial charge in [-0.15, -0.1) is 0 Å². The third-order valence-corrected chi connectivity index (χ3v) is 4.67. The highest BCUT2D eigenvalue weighted by atomic mass is 16.2. The van der Waals surface area contributed by atoms with Crippen molar-refractivity contribution in [3.8, 4) is 17.2 Å². The molecule has 1 N–H and O–H groups in total. The molecule has 0 atom stereocenters. The van der Waals surface area contributed by atoms with Crippen molar-refractivity contribution < 1.29 is 4.79 Å². The Morgan fingerprint density at radius 2 is 2.21 bits per heavy atom. The van der Waals surface area contributed by atoms with Gasteiger partial charge in [0.2, 0.25) is 0 Å². The van der Waals surface area contributed by atoms with Crippen molar-refractivity contribution in [1.82, 2.24) is 20.1 Å². The third-order valence-electron chi connectivity index (χ3n) is 4.67. The van der Waals surface area contributed by atoms with Crippen LogP contribution in [0.25, 0.3) is 11.1 Å². The van der Waals surface area contributed by atoms with E-state index < -0.39 is 5.54 Å². The Kier molecular flexibility index (Phi) is 4.34. The van der Waals surface area contributed by atoms with Gasteiger partial charge in [0.1, 0.15) is 5.69 Å². The van der Waals surface area contributed by atoms with Crippen molar-refractivity contribution in [2.24, 2.45) is 7.05 Å². The van der Waals surface area contributed by atoms with Gasteiger partial charge in [-0.05, 0) is 37.5 Å². The predicted octanol–water partition coefficient (Wildman–Crippen LogP) is 2.75. The number of carbonyl (C=O) groups is 1. The molecule has 6 nitrogen and oxygen atoms in total. The van der Waals surface area contributed by atoms with Crippen LogP contribution in [0.3, 0.4) is 0 Å². The Bertz CT molecular complexity index is 796. The first-order valence-electron chi connectivity index (χ1n) is 8.19. The number of hydrogen-bond acceptors (Lipinski definition) is 4. The van der Waals surface area contributed by atoms with E-state index in [4.69, 9.17) is 5.26 Å². The molecule has 6 heteroatoms. The zero-order valence-corrected chi connectivity index (χ0v) is 14.0. The molecule has 24 heavy (non-hydrogen) atoms. The SMILES string of the molecule is Cc1nn(C)cc1-c1ccnc(C(=O)NC2(CC#N)CCCC2)c1. The number of nitrogens with zero attached hydrogens (tertiary/aromatic N) is 4. The summed E-state index contributed by atoms with van der Waals surface area (Å²) < 4.78 is 1.76. The Hall–Kier alpha value is -2.68. The zero-order chi connectivity index (χ0) is 17.2. The maximum Gasteiger partial charge on any atom is 0.270 e. The van der Waals surface area contributed by atoms with Crippen molar-refractivity contribution in [3.05, 3.63) is 35.9 Å². The molecule has 0 unspecified atom stereocenters. The van der Waals surface area contributed by atoms with Crippen molar-refractivity contribution >= 4 is 5.91 Å². The Balaban J connectivity index is 1.85. The summed E-state index contributed by atoms with van der Waals surface area (Å²) in [5.74, 6) is -0.212. The average molecular weight is 323 g/mol. The molecule has 0 aromatic carbocycles. The van der Waals surface area contributed by atoms with Gasteiger partial charge in [0.05, 0.1) is 23.7 Å². The molecule has 0 bridgehead atoms. The number of nitriles is 1. The van der Waals surface area contributed by atoms with E-state index >= 15 is 0 Å². The fourth-order valence-corrected chi connectivity index (χ4v) is 3.46. The van der Waals surface area contributed by atoms with E-state index in [2.05, 4.69) is 21.5 Å². The highest BCUT2D eigenvalue weighted by molar-refractivity contribution is 5.94. The predicted molar refractivity (Wildman–Crippen MR) is 90.1 cm³/mol. The molecule has 0 aliphatic heterocycles. The molecule has 2 aromatic rings. The van der Waals surface area contributed by atoms with E-state index in [0.29, 0.717) is 12.1 Å². The smallest absolute Gasteiger partial charge is 0.270 e. The van der Waals surface area contributed by atoms with Gasteiger partial charge in [0.15, 0.2) is 0 Å². The van der Waals surface area contributed by atoms with Gasteiger partial charge < -0.3 is 5.32 Å². The lowest BCUT2D eigenvalue weighted by molar-refractivity contribution is 0.0896. The van der Waals surface area contributed by atoms with Gasteiger partial charge in [-0.2, -0.15) is 10.4 Å². The Morgan fingerprint density at radius 1 is 1.46 bits per heavy atom. The number of hydrogen-bond donors (Lipinski definition) is 1. The largest absolute Gasteiger partial charge is 0.344 e. The first kappa shape index (κ1) is 16.2. The number of pyridine rings is 1. The van der Waals surface area contributed by atoms with Crippen LogP contribution in [0.1, 0.15) is 48.3 Å². The molecule has 3 rings (SSSR count). The summed E-state index contributed by atoms with van der Waals surface area (Å²) >= 11 is 0. The normalized spacial score (nSPS) is 15.9. The molecule has 1 amide bonds. The molecule has 0 radical (unpaired) electrons. The van der Waals surface area contributed by atoms with Crippen molar-refractivity contribution in [2.75, 3.05) is 0 Å². The summed E-state index contributed by atoms with van der Waals surface area (Å²) in [6.07, 6.45) is 7.72. The second-order valence-electron chi connectivity index (χ2n) is 6.51. The lowest BCUT2D eigenvalue weighted by Gasteiger charge is -2.27. The van der Waals surface area contributed by atoms with Crippen LogP contribution < -0.4 is 5.32 Å². The van der Waals surface area contributed by atoms with E-state index in [1.54, 1.807) is 16.9 Å². The summed E-state index contributed by atoms with van der Waals surface area (Å²) in [7, 11) is 1.87. The fraction of sp³-hybridized carbons (Fsp3) is 0.444. The molecule has 2 heterocycles. The second-order valence-corrected chi connectivity index (χ2v) is 6.51. The number of nitrogens with one attached hydrogen (secondary N) is 1. The maximum atomic E-state index is 12.7. The van der Waals surface area contributed by atoms with Crippen molar-refractivity contribution in [2.45, 2.75) is 44.6 Å². The molecule has 124 valence electrons. The molecule has 0 spiro atoms.